The molecule has 1 saturated heterocycles. The van der Waals surface area contributed by atoms with E-state index in [4.69, 9.17) is 10.3 Å². The first-order chi connectivity index (χ1) is 9.65. The van der Waals surface area contributed by atoms with Gasteiger partial charge in [-0.15, -0.1) is 0 Å². The molecule has 0 aliphatic carbocycles. The Bertz CT molecular complexity index is 598. The Morgan fingerprint density at radius 1 is 1.40 bits per heavy atom. The molecule has 20 heavy (non-hydrogen) atoms. The lowest BCUT2D eigenvalue weighted by molar-refractivity contribution is 0.393. The molecule has 0 radical (unpaired) electrons. The van der Waals surface area contributed by atoms with Crippen LogP contribution in [0.3, 0.4) is 0 Å². The zero-order chi connectivity index (χ0) is 14.1. The molecule has 0 amide bonds. The highest BCUT2D eigenvalue weighted by atomic mass is 32.2. The summed E-state index contributed by atoms with van der Waals surface area (Å²) in [4.78, 5) is 0. The summed E-state index contributed by atoms with van der Waals surface area (Å²) in [5, 5.41) is 7.52. The SMILES string of the molecule is Cc1noc(C)c1-c1ccc(N[C@@H]2CCSC2)c(N)c1. The first kappa shape index (κ1) is 13.4. The first-order valence-electron chi connectivity index (χ1n) is 6.82. The number of aryl methyl sites for hydroxylation is 2. The van der Waals surface area contributed by atoms with Gasteiger partial charge >= 0.3 is 0 Å². The standard InChI is InChI=1S/C15H19N3OS/c1-9-15(10(2)19-18-9)11-3-4-14(13(16)7-11)17-12-5-6-20-8-12/h3-4,7,12,17H,5-6,8,16H2,1-2H3/t12-/m1/s1. The predicted molar refractivity (Wildman–Crippen MR) is 85.2 cm³/mol. The Hall–Kier alpha value is -1.62. The van der Waals surface area contributed by atoms with Crippen molar-refractivity contribution in [1.82, 2.24) is 5.16 Å². The average molecular weight is 289 g/mol. The van der Waals surface area contributed by atoms with Crippen LogP contribution in [0.2, 0.25) is 0 Å². The average Bonchev–Trinajstić information content (AvgIpc) is 3.03. The van der Waals surface area contributed by atoms with Crippen LogP contribution in [-0.2, 0) is 0 Å². The van der Waals surface area contributed by atoms with E-state index in [1.165, 1.54) is 12.2 Å². The number of nitrogens with one attached hydrogen (secondary N) is 1. The van der Waals surface area contributed by atoms with Gasteiger partial charge in [-0.1, -0.05) is 11.2 Å². The third-order valence-electron chi connectivity index (χ3n) is 3.66. The summed E-state index contributed by atoms with van der Waals surface area (Å²) in [5.41, 5.74) is 11.0. The molecule has 0 spiro atoms. The lowest BCUT2D eigenvalue weighted by Crippen LogP contribution is -2.18. The maximum atomic E-state index is 6.19. The minimum atomic E-state index is 0.534. The minimum Gasteiger partial charge on any atom is -0.397 e. The zero-order valence-electron chi connectivity index (χ0n) is 11.8. The van der Waals surface area contributed by atoms with Gasteiger partial charge < -0.3 is 15.6 Å². The molecular formula is C15H19N3OS. The quantitative estimate of drug-likeness (QED) is 0.847. The molecule has 3 N–H and O–H groups in total. The van der Waals surface area contributed by atoms with Gasteiger partial charge in [0.2, 0.25) is 0 Å². The van der Waals surface area contributed by atoms with Crippen LogP contribution >= 0.6 is 11.8 Å². The number of hydrogen-bond donors (Lipinski definition) is 2. The first-order valence-corrected chi connectivity index (χ1v) is 7.97. The summed E-state index contributed by atoms with van der Waals surface area (Å²) in [6.07, 6.45) is 1.20. The molecule has 1 atom stereocenters. The lowest BCUT2D eigenvalue weighted by Gasteiger charge is -2.15. The van der Waals surface area contributed by atoms with Crippen LogP contribution < -0.4 is 11.1 Å². The van der Waals surface area contributed by atoms with Crippen molar-refractivity contribution in [2.24, 2.45) is 0 Å². The van der Waals surface area contributed by atoms with Crippen LogP contribution in [0.5, 0.6) is 0 Å². The van der Waals surface area contributed by atoms with Gasteiger partial charge in [0, 0.05) is 17.4 Å². The maximum Gasteiger partial charge on any atom is 0.141 e. The van der Waals surface area contributed by atoms with Gasteiger partial charge in [0.15, 0.2) is 0 Å². The summed E-state index contributed by atoms with van der Waals surface area (Å²) in [6, 6.07) is 6.66. The fraction of sp³-hybridized carbons (Fsp3) is 0.400. The largest absolute Gasteiger partial charge is 0.397 e. The van der Waals surface area contributed by atoms with E-state index in [0.29, 0.717) is 6.04 Å². The van der Waals surface area contributed by atoms with E-state index in [0.717, 1.165) is 39.7 Å². The van der Waals surface area contributed by atoms with E-state index in [-0.39, 0.29) is 0 Å². The molecule has 3 rings (SSSR count). The molecule has 106 valence electrons. The van der Waals surface area contributed by atoms with Crippen LogP contribution in [0.1, 0.15) is 17.9 Å². The Labute approximate surface area is 123 Å². The number of nitrogens with two attached hydrogens (primary N) is 1. The van der Waals surface area contributed by atoms with Crippen molar-refractivity contribution in [2.75, 3.05) is 22.6 Å². The van der Waals surface area contributed by atoms with Gasteiger partial charge in [0.05, 0.1) is 17.1 Å². The summed E-state index contributed by atoms with van der Waals surface area (Å²) in [5.74, 6) is 3.22. The highest BCUT2D eigenvalue weighted by Gasteiger charge is 2.17. The molecule has 2 heterocycles. The number of aromatic nitrogens is 1. The lowest BCUT2D eigenvalue weighted by atomic mass is 10.0. The molecule has 4 nitrogen and oxygen atoms in total. The van der Waals surface area contributed by atoms with Crippen molar-refractivity contribution in [3.8, 4) is 11.1 Å². The van der Waals surface area contributed by atoms with Crippen LogP contribution in [0, 0.1) is 13.8 Å². The number of nitrogen functional groups attached to an aromatic ring is 1. The molecular weight excluding hydrogens is 270 g/mol. The minimum absolute atomic E-state index is 0.534. The van der Waals surface area contributed by atoms with E-state index in [1.807, 2.05) is 31.7 Å². The Kier molecular flexibility index (Phi) is 3.61. The van der Waals surface area contributed by atoms with Crippen molar-refractivity contribution in [3.63, 3.8) is 0 Å². The Balaban J connectivity index is 1.87. The number of nitrogens with zero attached hydrogens (tertiary/aromatic N) is 1. The van der Waals surface area contributed by atoms with E-state index < -0.39 is 0 Å². The maximum absolute atomic E-state index is 6.19. The number of rotatable bonds is 3. The predicted octanol–water partition coefficient (Wildman–Crippen LogP) is 3.46. The van der Waals surface area contributed by atoms with Crippen LogP contribution in [0.4, 0.5) is 11.4 Å². The van der Waals surface area contributed by atoms with E-state index in [9.17, 15) is 0 Å². The Morgan fingerprint density at radius 3 is 2.85 bits per heavy atom. The van der Waals surface area contributed by atoms with Gasteiger partial charge in [-0.25, -0.2) is 0 Å². The van der Waals surface area contributed by atoms with Gasteiger partial charge in [-0.05, 0) is 43.7 Å². The van der Waals surface area contributed by atoms with Crippen molar-refractivity contribution < 1.29 is 4.52 Å². The second-order valence-corrected chi connectivity index (χ2v) is 6.36. The summed E-state index contributed by atoms with van der Waals surface area (Å²) < 4.78 is 5.22. The fourth-order valence-electron chi connectivity index (χ4n) is 2.61. The molecule has 1 aromatic heterocycles. The zero-order valence-corrected chi connectivity index (χ0v) is 12.6. The smallest absolute Gasteiger partial charge is 0.141 e. The van der Waals surface area contributed by atoms with Crippen molar-refractivity contribution in [2.45, 2.75) is 26.3 Å². The number of anilines is 2. The van der Waals surface area contributed by atoms with Gasteiger partial charge in [-0.2, -0.15) is 11.8 Å². The molecule has 0 bridgehead atoms. The van der Waals surface area contributed by atoms with Crippen molar-refractivity contribution in [1.29, 1.82) is 0 Å². The second-order valence-electron chi connectivity index (χ2n) is 5.21. The second kappa shape index (κ2) is 5.40. The summed E-state index contributed by atoms with van der Waals surface area (Å²) in [6.45, 7) is 3.87. The highest BCUT2D eigenvalue weighted by Crippen LogP contribution is 2.32. The van der Waals surface area contributed by atoms with Gasteiger partial charge in [0.25, 0.3) is 0 Å². The van der Waals surface area contributed by atoms with Gasteiger partial charge in [0.1, 0.15) is 5.76 Å². The fourth-order valence-corrected chi connectivity index (χ4v) is 3.77. The van der Waals surface area contributed by atoms with Crippen LogP contribution in [-0.4, -0.2) is 22.7 Å². The number of thioether (sulfide) groups is 1. The van der Waals surface area contributed by atoms with Crippen LogP contribution in [0.15, 0.2) is 22.7 Å². The molecule has 1 fully saturated rings. The topological polar surface area (TPSA) is 64.1 Å². The van der Waals surface area contributed by atoms with E-state index >= 15 is 0 Å². The monoisotopic (exact) mass is 289 g/mol. The Morgan fingerprint density at radius 2 is 2.25 bits per heavy atom. The number of hydrogen-bond acceptors (Lipinski definition) is 5. The molecule has 0 saturated carbocycles. The molecule has 1 aliphatic rings. The van der Waals surface area contributed by atoms with Crippen LogP contribution in [0.25, 0.3) is 11.1 Å². The van der Waals surface area contributed by atoms with Gasteiger partial charge in [-0.3, -0.25) is 0 Å². The molecule has 1 aromatic carbocycles. The molecule has 1 aliphatic heterocycles. The molecule has 0 unspecified atom stereocenters. The molecule has 5 heteroatoms. The summed E-state index contributed by atoms with van der Waals surface area (Å²) >= 11 is 1.99. The third-order valence-corrected chi connectivity index (χ3v) is 4.83. The third kappa shape index (κ3) is 2.50. The normalized spacial score (nSPS) is 18.4. The van der Waals surface area contributed by atoms with E-state index in [1.54, 1.807) is 0 Å². The highest BCUT2D eigenvalue weighted by molar-refractivity contribution is 7.99. The summed E-state index contributed by atoms with van der Waals surface area (Å²) in [7, 11) is 0. The van der Waals surface area contributed by atoms with E-state index in [2.05, 4.69) is 22.6 Å². The van der Waals surface area contributed by atoms with Crippen molar-refractivity contribution >= 4 is 23.1 Å². The number of benzene rings is 1. The van der Waals surface area contributed by atoms with Crippen molar-refractivity contribution in [3.05, 3.63) is 29.7 Å². The molecule has 2 aromatic rings.